The molecule has 0 spiro atoms. The highest BCUT2D eigenvalue weighted by Gasteiger charge is 2.32. The third kappa shape index (κ3) is 4.86. The molecule has 2 rings (SSSR count). The molecule has 0 N–H and O–H groups in total. The van der Waals surface area contributed by atoms with Crippen LogP contribution in [0.4, 0.5) is 4.39 Å². The Bertz CT molecular complexity index is 747. The van der Waals surface area contributed by atoms with Crippen molar-refractivity contribution < 1.29 is 18.7 Å². The van der Waals surface area contributed by atoms with Crippen molar-refractivity contribution in [1.29, 1.82) is 0 Å². The second kappa shape index (κ2) is 7.74. The Hall–Kier alpha value is -2.27. The first kappa shape index (κ1) is 19.1. The molecule has 0 fully saturated rings. The Morgan fingerprint density at radius 2 is 1.84 bits per heavy atom. The fraction of sp³-hybridized carbons (Fsp3) is 0.316. The molecule has 0 saturated heterocycles. The third-order valence-corrected chi connectivity index (χ3v) is 3.94. The van der Waals surface area contributed by atoms with E-state index in [1.165, 1.54) is 18.1 Å². The molecule has 134 valence electrons. The van der Waals surface area contributed by atoms with Gasteiger partial charge in [-0.1, -0.05) is 17.7 Å². The lowest BCUT2D eigenvalue weighted by Gasteiger charge is -2.30. The highest BCUT2D eigenvalue weighted by molar-refractivity contribution is 6.30. The number of likely N-dealkylation sites (N-methyl/N-ethyl adjacent to an activating group) is 1. The molecular formula is C19H21ClFNO3. The standard InChI is InChI=1S/C19H21ClFNO3/c1-19(2,25-15-8-6-14(20)7-9-15)18(23)22(3)12-13-5-10-17(24-4)16(21)11-13/h5-11H,12H2,1-4H3. The Balaban J connectivity index is 2.06. The van der Waals surface area contributed by atoms with Crippen molar-refractivity contribution in [3.8, 4) is 11.5 Å². The van der Waals surface area contributed by atoms with Gasteiger partial charge in [0, 0.05) is 18.6 Å². The second-order valence-corrected chi connectivity index (χ2v) is 6.63. The summed E-state index contributed by atoms with van der Waals surface area (Å²) in [6.45, 7) is 3.64. The predicted octanol–water partition coefficient (Wildman–Crippen LogP) is 4.30. The van der Waals surface area contributed by atoms with Crippen molar-refractivity contribution >= 4 is 17.5 Å². The van der Waals surface area contributed by atoms with Gasteiger partial charge in [-0.2, -0.15) is 0 Å². The van der Waals surface area contributed by atoms with Gasteiger partial charge < -0.3 is 14.4 Å². The maximum atomic E-state index is 13.8. The first-order valence-corrected chi connectivity index (χ1v) is 8.13. The number of nitrogens with zero attached hydrogens (tertiary/aromatic N) is 1. The Morgan fingerprint density at radius 1 is 1.20 bits per heavy atom. The molecule has 0 atom stereocenters. The molecule has 25 heavy (non-hydrogen) atoms. The van der Waals surface area contributed by atoms with Crippen molar-refractivity contribution in [3.05, 3.63) is 58.9 Å². The number of methoxy groups -OCH3 is 1. The number of rotatable bonds is 6. The number of benzene rings is 2. The molecule has 0 unspecified atom stereocenters. The molecule has 0 aliphatic rings. The minimum absolute atomic E-state index is 0.170. The number of carbonyl (C=O) groups excluding carboxylic acids is 1. The molecule has 0 aliphatic carbocycles. The summed E-state index contributed by atoms with van der Waals surface area (Å²) in [5.74, 6) is 0.0342. The summed E-state index contributed by atoms with van der Waals surface area (Å²) in [5, 5.41) is 0.593. The van der Waals surface area contributed by atoms with E-state index in [0.29, 0.717) is 16.3 Å². The maximum Gasteiger partial charge on any atom is 0.266 e. The fourth-order valence-electron chi connectivity index (χ4n) is 2.45. The Morgan fingerprint density at radius 3 is 2.40 bits per heavy atom. The van der Waals surface area contributed by atoms with E-state index in [4.69, 9.17) is 21.1 Å². The zero-order chi connectivity index (χ0) is 18.6. The van der Waals surface area contributed by atoms with Gasteiger partial charge in [0.2, 0.25) is 0 Å². The highest BCUT2D eigenvalue weighted by Crippen LogP contribution is 2.23. The third-order valence-electron chi connectivity index (χ3n) is 3.68. The van der Waals surface area contributed by atoms with Gasteiger partial charge in [0.1, 0.15) is 5.75 Å². The summed E-state index contributed by atoms with van der Waals surface area (Å²) in [6, 6.07) is 11.4. The number of hydrogen-bond acceptors (Lipinski definition) is 3. The van der Waals surface area contributed by atoms with Crippen LogP contribution in [0.25, 0.3) is 0 Å². The van der Waals surface area contributed by atoms with Crippen LogP contribution in [0, 0.1) is 5.82 Å². The number of ether oxygens (including phenoxy) is 2. The SMILES string of the molecule is COc1ccc(CN(C)C(=O)C(C)(C)Oc2ccc(Cl)cc2)cc1F. The summed E-state index contributed by atoms with van der Waals surface area (Å²) < 4.78 is 24.5. The summed E-state index contributed by atoms with van der Waals surface area (Å²) in [4.78, 5) is 14.2. The normalized spacial score (nSPS) is 11.1. The molecule has 0 heterocycles. The minimum Gasteiger partial charge on any atom is -0.494 e. The van der Waals surface area contributed by atoms with Gasteiger partial charge in [0.25, 0.3) is 5.91 Å². The van der Waals surface area contributed by atoms with E-state index >= 15 is 0 Å². The number of hydrogen-bond donors (Lipinski definition) is 0. The molecule has 2 aromatic carbocycles. The van der Waals surface area contributed by atoms with E-state index in [0.717, 1.165) is 0 Å². The zero-order valence-corrected chi connectivity index (χ0v) is 15.4. The first-order valence-electron chi connectivity index (χ1n) is 7.75. The number of carbonyl (C=O) groups is 1. The molecular weight excluding hydrogens is 345 g/mol. The van der Waals surface area contributed by atoms with Crippen LogP contribution in [0.3, 0.4) is 0 Å². The van der Waals surface area contributed by atoms with E-state index in [2.05, 4.69) is 0 Å². The van der Waals surface area contributed by atoms with Gasteiger partial charge in [-0.05, 0) is 55.8 Å². The van der Waals surface area contributed by atoms with Gasteiger partial charge in [0.15, 0.2) is 17.2 Å². The predicted molar refractivity (Wildman–Crippen MR) is 95.6 cm³/mol. The average Bonchev–Trinajstić information content (AvgIpc) is 2.56. The number of amides is 1. The first-order chi connectivity index (χ1) is 11.7. The van der Waals surface area contributed by atoms with Crippen LogP contribution in [0.5, 0.6) is 11.5 Å². The lowest BCUT2D eigenvalue weighted by molar-refractivity contribution is -0.144. The van der Waals surface area contributed by atoms with Crippen LogP contribution in [0.2, 0.25) is 5.02 Å². The lowest BCUT2D eigenvalue weighted by Crippen LogP contribution is -2.47. The smallest absolute Gasteiger partial charge is 0.266 e. The van der Waals surface area contributed by atoms with Gasteiger partial charge in [-0.25, -0.2) is 4.39 Å². The summed E-state index contributed by atoms with van der Waals surface area (Å²) in [6.07, 6.45) is 0. The maximum absolute atomic E-state index is 13.8. The van der Waals surface area contributed by atoms with E-state index < -0.39 is 11.4 Å². The van der Waals surface area contributed by atoms with Crippen molar-refractivity contribution in [2.24, 2.45) is 0 Å². The molecule has 2 aromatic rings. The monoisotopic (exact) mass is 365 g/mol. The van der Waals surface area contributed by atoms with Crippen LogP contribution < -0.4 is 9.47 Å². The molecule has 6 heteroatoms. The molecule has 0 aromatic heterocycles. The topological polar surface area (TPSA) is 38.8 Å². The zero-order valence-electron chi connectivity index (χ0n) is 14.7. The molecule has 0 bridgehead atoms. The lowest BCUT2D eigenvalue weighted by atomic mass is 10.1. The summed E-state index contributed by atoms with van der Waals surface area (Å²) in [5.41, 5.74) is -0.412. The van der Waals surface area contributed by atoms with Crippen molar-refractivity contribution in [1.82, 2.24) is 4.90 Å². The molecule has 0 aliphatic heterocycles. The van der Waals surface area contributed by atoms with Crippen LogP contribution in [-0.4, -0.2) is 30.6 Å². The highest BCUT2D eigenvalue weighted by atomic mass is 35.5. The quantitative estimate of drug-likeness (QED) is 0.766. The number of halogens is 2. The van der Waals surface area contributed by atoms with E-state index in [-0.39, 0.29) is 18.2 Å². The van der Waals surface area contributed by atoms with Crippen LogP contribution in [-0.2, 0) is 11.3 Å². The summed E-state index contributed by atoms with van der Waals surface area (Å²) in [7, 11) is 3.06. The van der Waals surface area contributed by atoms with Crippen molar-refractivity contribution in [3.63, 3.8) is 0 Å². The molecule has 0 saturated carbocycles. The van der Waals surface area contributed by atoms with Gasteiger partial charge in [-0.3, -0.25) is 4.79 Å². The molecule has 4 nitrogen and oxygen atoms in total. The largest absolute Gasteiger partial charge is 0.494 e. The average molecular weight is 366 g/mol. The molecule has 0 radical (unpaired) electrons. The fourth-order valence-corrected chi connectivity index (χ4v) is 2.58. The Kier molecular flexibility index (Phi) is 5.90. The molecule has 1 amide bonds. The van der Waals surface area contributed by atoms with E-state index in [9.17, 15) is 9.18 Å². The van der Waals surface area contributed by atoms with Crippen LogP contribution in [0.15, 0.2) is 42.5 Å². The van der Waals surface area contributed by atoms with Crippen molar-refractivity contribution in [2.75, 3.05) is 14.2 Å². The van der Waals surface area contributed by atoms with E-state index in [1.54, 1.807) is 57.3 Å². The van der Waals surface area contributed by atoms with Crippen LogP contribution >= 0.6 is 11.6 Å². The van der Waals surface area contributed by atoms with Crippen LogP contribution in [0.1, 0.15) is 19.4 Å². The van der Waals surface area contributed by atoms with Gasteiger partial charge in [-0.15, -0.1) is 0 Å². The Labute approximate surface area is 152 Å². The second-order valence-electron chi connectivity index (χ2n) is 6.20. The van der Waals surface area contributed by atoms with Crippen molar-refractivity contribution in [2.45, 2.75) is 26.0 Å². The summed E-state index contributed by atoms with van der Waals surface area (Å²) >= 11 is 5.85. The van der Waals surface area contributed by atoms with E-state index in [1.807, 2.05) is 0 Å². The van der Waals surface area contributed by atoms with Gasteiger partial charge in [0.05, 0.1) is 7.11 Å². The minimum atomic E-state index is -1.08. The van der Waals surface area contributed by atoms with Gasteiger partial charge >= 0.3 is 0 Å².